The number of alkyl halides is 1. The van der Waals surface area contributed by atoms with Crippen LogP contribution in [0.3, 0.4) is 0 Å². The highest BCUT2D eigenvalue weighted by molar-refractivity contribution is 7.09. The molecule has 4 atom stereocenters. The Hall–Kier alpha value is -1.24. The minimum Gasteiger partial charge on any atom is -0.492 e. The molecular weight excluding hydrogens is 423 g/mol. The second-order valence-corrected chi connectivity index (χ2v) is 9.75. The van der Waals surface area contributed by atoms with Gasteiger partial charge in [0.05, 0.1) is 23.9 Å². The maximum atomic E-state index is 13.0. The van der Waals surface area contributed by atoms with E-state index in [0.29, 0.717) is 18.3 Å². The molecule has 0 aromatic carbocycles. The number of nitrogens with zero attached hydrogens (tertiary/aromatic N) is 2. The Morgan fingerprint density at radius 3 is 2.93 bits per heavy atom. The van der Waals surface area contributed by atoms with Crippen LogP contribution in [0.5, 0.6) is 5.75 Å². The second-order valence-electron chi connectivity index (χ2n) is 8.25. The van der Waals surface area contributed by atoms with E-state index in [1.165, 1.54) is 16.7 Å². The van der Waals surface area contributed by atoms with Crippen LogP contribution in [0.15, 0.2) is 23.8 Å². The van der Waals surface area contributed by atoms with Crippen LogP contribution in [0.2, 0.25) is 0 Å². The van der Waals surface area contributed by atoms with Crippen molar-refractivity contribution in [3.8, 4) is 5.75 Å². The van der Waals surface area contributed by atoms with Crippen LogP contribution in [0.4, 0.5) is 4.39 Å². The smallest absolute Gasteiger partial charge is 0.223 e. The topological polar surface area (TPSA) is 55.2 Å². The third kappa shape index (κ3) is 6.89. The number of hydrogen-bond donors (Lipinski definition) is 1. The molecule has 7 heteroatoms. The van der Waals surface area contributed by atoms with Gasteiger partial charge in [-0.1, -0.05) is 26.2 Å². The summed E-state index contributed by atoms with van der Waals surface area (Å²) in [4.78, 5) is 8.15. The number of unbranched alkanes of at least 4 members (excludes halogenated alkanes) is 2. The highest BCUT2D eigenvalue weighted by Crippen LogP contribution is 2.39. The van der Waals surface area contributed by atoms with E-state index < -0.39 is 6.10 Å². The Balaban J connectivity index is 1.48. The number of rotatable bonds is 12. The number of aryl methyl sites for hydroxylation is 1. The highest BCUT2D eigenvalue weighted by Gasteiger charge is 2.35. The Bertz CT molecular complexity index is 775. The molecule has 0 amide bonds. The largest absolute Gasteiger partial charge is 0.492 e. The molecule has 2 aromatic heterocycles. The van der Waals surface area contributed by atoms with Crippen LogP contribution in [0, 0.1) is 17.8 Å². The molecule has 2 aromatic rings. The van der Waals surface area contributed by atoms with Crippen molar-refractivity contribution in [2.75, 3.05) is 6.61 Å². The molecule has 1 saturated carbocycles. The van der Waals surface area contributed by atoms with Gasteiger partial charge in [-0.2, -0.15) is 4.39 Å². The van der Waals surface area contributed by atoms with Gasteiger partial charge in [0, 0.05) is 28.4 Å². The van der Waals surface area contributed by atoms with Gasteiger partial charge in [-0.3, -0.25) is 4.98 Å². The first kappa shape index (κ1) is 23.4. The molecule has 0 radical (unpaired) electrons. The van der Waals surface area contributed by atoms with E-state index in [9.17, 15) is 9.50 Å². The van der Waals surface area contributed by atoms with Crippen LogP contribution in [0.25, 0.3) is 0 Å². The van der Waals surface area contributed by atoms with Gasteiger partial charge < -0.3 is 9.84 Å². The quantitative estimate of drug-likeness (QED) is 0.301. The normalized spacial score (nSPS) is 22.3. The summed E-state index contributed by atoms with van der Waals surface area (Å²) in [7, 11) is 0. The van der Waals surface area contributed by atoms with Crippen LogP contribution >= 0.6 is 22.9 Å². The van der Waals surface area contributed by atoms with Gasteiger partial charge in [0.1, 0.15) is 5.75 Å². The lowest BCUT2D eigenvalue weighted by Crippen LogP contribution is -2.23. The molecule has 2 heterocycles. The summed E-state index contributed by atoms with van der Waals surface area (Å²) in [5.74, 6) is 1.11. The molecule has 30 heavy (non-hydrogen) atoms. The molecule has 0 aliphatic heterocycles. The summed E-state index contributed by atoms with van der Waals surface area (Å²) in [5, 5.41) is 12.8. The van der Waals surface area contributed by atoms with E-state index in [-0.39, 0.29) is 17.2 Å². The third-order valence-electron chi connectivity index (χ3n) is 6.02. The molecule has 0 saturated heterocycles. The number of aliphatic hydroxyl groups excluding tert-OH is 1. The summed E-state index contributed by atoms with van der Waals surface area (Å²) in [5.41, 5.74) is 0.810. The van der Waals surface area contributed by atoms with Crippen molar-refractivity contribution < 1.29 is 14.2 Å². The molecule has 166 valence electrons. The molecule has 0 spiro atoms. The molecule has 1 aliphatic rings. The van der Waals surface area contributed by atoms with Gasteiger partial charge in [0.2, 0.25) is 5.95 Å². The number of ether oxygens (including phenoxy) is 1. The SMILES string of the molecule is CCCCCC(O)c1cncc(OC[C@H]2C(Cl)CC[C@@H]2CCCc2nc(F)cs2)c1. The Morgan fingerprint density at radius 2 is 2.17 bits per heavy atom. The molecule has 2 unspecified atom stereocenters. The summed E-state index contributed by atoms with van der Waals surface area (Å²) in [6.07, 6.45) is 11.9. The van der Waals surface area contributed by atoms with Gasteiger partial charge in [-0.05, 0) is 50.5 Å². The fourth-order valence-corrected chi connectivity index (χ4v) is 5.35. The first-order valence-electron chi connectivity index (χ1n) is 11.1. The van der Waals surface area contributed by atoms with Crippen molar-refractivity contribution in [1.29, 1.82) is 0 Å². The van der Waals surface area contributed by atoms with Crippen molar-refractivity contribution in [3.05, 3.63) is 40.4 Å². The molecule has 0 bridgehead atoms. The second kappa shape index (κ2) is 12.0. The Labute approximate surface area is 187 Å². The Morgan fingerprint density at radius 1 is 1.30 bits per heavy atom. The van der Waals surface area contributed by atoms with E-state index in [1.807, 2.05) is 6.07 Å². The zero-order valence-electron chi connectivity index (χ0n) is 17.6. The van der Waals surface area contributed by atoms with Gasteiger partial charge in [-0.15, -0.1) is 22.9 Å². The summed E-state index contributed by atoms with van der Waals surface area (Å²) < 4.78 is 19.1. The minimum atomic E-state index is -0.497. The average Bonchev–Trinajstić information content (AvgIpc) is 3.32. The zero-order chi connectivity index (χ0) is 21.3. The third-order valence-corrected chi connectivity index (χ3v) is 7.44. The van der Waals surface area contributed by atoms with Crippen molar-refractivity contribution in [1.82, 2.24) is 9.97 Å². The number of pyridine rings is 1. The highest BCUT2D eigenvalue weighted by atomic mass is 35.5. The lowest BCUT2D eigenvalue weighted by molar-refractivity contribution is 0.162. The van der Waals surface area contributed by atoms with E-state index in [0.717, 1.165) is 68.4 Å². The predicted octanol–water partition coefficient (Wildman–Crippen LogP) is 6.33. The first-order chi connectivity index (χ1) is 14.6. The molecule has 1 fully saturated rings. The van der Waals surface area contributed by atoms with E-state index in [4.69, 9.17) is 16.3 Å². The molecular formula is C23H32ClFN2O2S. The standard InChI is InChI=1S/C23H32ClFN2O2S/c1-2-3-4-7-21(28)17-11-18(13-26-12-17)29-14-19-16(9-10-20(19)24)6-5-8-23-27-22(25)15-30-23/h11-13,15-16,19-21,28H,2-10,14H2,1H3/t16-,19+,20?,21?/m0/s1. The predicted molar refractivity (Wildman–Crippen MR) is 120 cm³/mol. The minimum absolute atomic E-state index is 0.114. The van der Waals surface area contributed by atoms with Crippen LogP contribution in [-0.2, 0) is 6.42 Å². The fourth-order valence-electron chi connectivity index (χ4n) is 4.26. The molecule has 1 N–H and O–H groups in total. The zero-order valence-corrected chi connectivity index (χ0v) is 19.2. The van der Waals surface area contributed by atoms with E-state index >= 15 is 0 Å². The van der Waals surface area contributed by atoms with Crippen molar-refractivity contribution in [2.45, 2.75) is 76.2 Å². The number of aromatic nitrogens is 2. The first-order valence-corrected chi connectivity index (χ1v) is 12.4. The summed E-state index contributed by atoms with van der Waals surface area (Å²) in [6.45, 7) is 2.71. The van der Waals surface area contributed by atoms with Gasteiger partial charge in [-0.25, -0.2) is 4.98 Å². The van der Waals surface area contributed by atoms with Gasteiger partial charge in [0.25, 0.3) is 0 Å². The van der Waals surface area contributed by atoms with Crippen molar-refractivity contribution in [2.24, 2.45) is 11.8 Å². The molecule has 1 aliphatic carbocycles. The number of aliphatic hydroxyl groups is 1. The average molecular weight is 455 g/mol. The van der Waals surface area contributed by atoms with Crippen LogP contribution in [-0.4, -0.2) is 27.1 Å². The van der Waals surface area contributed by atoms with Crippen molar-refractivity contribution >= 4 is 22.9 Å². The maximum Gasteiger partial charge on any atom is 0.223 e. The number of thiazole rings is 1. The monoisotopic (exact) mass is 454 g/mol. The lowest BCUT2D eigenvalue weighted by Gasteiger charge is -2.22. The molecule has 3 rings (SSSR count). The fraction of sp³-hybridized carbons (Fsp3) is 0.652. The van der Waals surface area contributed by atoms with E-state index in [1.54, 1.807) is 12.4 Å². The van der Waals surface area contributed by atoms with Crippen molar-refractivity contribution in [3.63, 3.8) is 0 Å². The van der Waals surface area contributed by atoms with E-state index in [2.05, 4.69) is 16.9 Å². The van der Waals surface area contributed by atoms with Crippen LogP contribution < -0.4 is 4.74 Å². The van der Waals surface area contributed by atoms with Gasteiger partial charge >= 0.3 is 0 Å². The van der Waals surface area contributed by atoms with Gasteiger partial charge in [0.15, 0.2) is 0 Å². The maximum absolute atomic E-state index is 13.0. The Kier molecular flexibility index (Phi) is 9.34. The van der Waals surface area contributed by atoms with Crippen LogP contribution in [0.1, 0.15) is 75.0 Å². The summed E-state index contributed by atoms with van der Waals surface area (Å²) in [6, 6.07) is 1.90. The number of halogens is 2. The lowest BCUT2D eigenvalue weighted by atomic mass is 9.91. The summed E-state index contributed by atoms with van der Waals surface area (Å²) >= 11 is 7.98. The number of hydrogen-bond acceptors (Lipinski definition) is 5. The molecule has 4 nitrogen and oxygen atoms in total.